The van der Waals surface area contributed by atoms with Gasteiger partial charge < -0.3 is 10.1 Å². The maximum atomic E-state index is 13.4. The molecular weight excluding hydrogens is 390 g/mol. The standard InChI is InChI=1S/C22H24ClN3OS/c1-15-6-9-18-20-21(17-8-7-16(23)14-19(17)28-22(15)20)26(27)25(18)13-5-12-24-10-3-2-4-11-24/h6-9,14H,2-5,10-13H2,1H3. The smallest absolute Gasteiger partial charge is 0.261 e. The number of halogens is 1. The highest BCUT2D eigenvalue weighted by atomic mass is 35.5. The molecule has 0 saturated carbocycles. The summed E-state index contributed by atoms with van der Waals surface area (Å²) < 4.78 is 1.92. The fourth-order valence-electron chi connectivity index (χ4n) is 4.53. The van der Waals surface area contributed by atoms with Gasteiger partial charge >= 0.3 is 0 Å². The Morgan fingerprint density at radius 2 is 1.93 bits per heavy atom. The highest BCUT2D eigenvalue weighted by Crippen LogP contribution is 2.48. The number of benzene rings is 2. The van der Waals surface area contributed by atoms with Crippen LogP contribution in [-0.2, 0) is 6.54 Å². The zero-order chi connectivity index (χ0) is 19.3. The molecule has 4 nitrogen and oxygen atoms in total. The lowest BCUT2D eigenvalue weighted by molar-refractivity contribution is -0.681. The molecule has 3 aromatic rings. The van der Waals surface area contributed by atoms with Crippen LogP contribution in [-0.4, -0.2) is 29.2 Å². The second-order valence-electron chi connectivity index (χ2n) is 7.85. The third-order valence-corrected chi connectivity index (χ3v) is 7.48. The van der Waals surface area contributed by atoms with Crippen molar-refractivity contribution in [2.45, 2.75) is 48.9 Å². The number of hydrogen-bond donors (Lipinski definition) is 0. The third kappa shape index (κ3) is 3.00. The van der Waals surface area contributed by atoms with Crippen LogP contribution in [0.4, 0.5) is 0 Å². The van der Waals surface area contributed by atoms with Crippen LogP contribution in [0, 0.1) is 12.1 Å². The molecule has 2 aliphatic heterocycles. The van der Waals surface area contributed by atoms with Crippen LogP contribution in [0.5, 0.6) is 0 Å². The predicted octanol–water partition coefficient (Wildman–Crippen LogP) is 5.24. The average molecular weight is 414 g/mol. The SMILES string of the molecule is Cc1ccc2c3c1Sc1cc(Cl)ccc1-c3[n+]([O-])n2CCCN1CCCCC1. The monoisotopic (exact) mass is 413 g/mol. The highest BCUT2D eigenvalue weighted by molar-refractivity contribution is 7.99. The first kappa shape index (κ1) is 18.3. The maximum Gasteiger partial charge on any atom is 0.261 e. The summed E-state index contributed by atoms with van der Waals surface area (Å²) in [5.41, 5.74) is 4.01. The molecule has 0 radical (unpaired) electrons. The number of aromatic nitrogens is 2. The zero-order valence-electron chi connectivity index (χ0n) is 16.1. The van der Waals surface area contributed by atoms with E-state index in [1.165, 1.54) is 42.8 Å². The molecule has 5 rings (SSSR count). The van der Waals surface area contributed by atoms with Crippen LogP contribution < -0.4 is 4.85 Å². The molecule has 0 amide bonds. The van der Waals surface area contributed by atoms with E-state index >= 15 is 0 Å². The Morgan fingerprint density at radius 3 is 2.75 bits per heavy atom. The number of nitrogens with zero attached hydrogens (tertiary/aromatic N) is 3. The van der Waals surface area contributed by atoms with Gasteiger partial charge in [-0.25, -0.2) is 0 Å². The van der Waals surface area contributed by atoms with Gasteiger partial charge in [-0.3, -0.25) is 0 Å². The Kier molecular flexibility index (Phi) is 4.77. The Balaban J connectivity index is 1.54. The van der Waals surface area contributed by atoms with Crippen molar-refractivity contribution in [2.24, 2.45) is 0 Å². The molecule has 6 heteroatoms. The summed E-state index contributed by atoms with van der Waals surface area (Å²) in [6, 6.07) is 10.1. The lowest BCUT2D eigenvalue weighted by Gasteiger charge is -2.26. The zero-order valence-corrected chi connectivity index (χ0v) is 17.7. The number of likely N-dealkylation sites (tertiary alicyclic amines) is 1. The van der Waals surface area contributed by atoms with Crippen molar-refractivity contribution in [3.63, 3.8) is 0 Å². The summed E-state index contributed by atoms with van der Waals surface area (Å²) in [4.78, 5) is 5.90. The Morgan fingerprint density at radius 1 is 1.11 bits per heavy atom. The first-order chi connectivity index (χ1) is 13.6. The van der Waals surface area contributed by atoms with Crippen molar-refractivity contribution >= 4 is 34.3 Å². The number of aryl methyl sites for hydroxylation is 2. The summed E-state index contributed by atoms with van der Waals surface area (Å²) in [5, 5.41) is 15.2. The van der Waals surface area contributed by atoms with Crippen LogP contribution in [0.15, 0.2) is 40.1 Å². The van der Waals surface area contributed by atoms with Crippen LogP contribution in [0.2, 0.25) is 5.02 Å². The van der Waals surface area contributed by atoms with E-state index in [9.17, 15) is 5.21 Å². The molecule has 3 heterocycles. The van der Waals surface area contributed by atoms with Crippen LogP contribution in [0.3, 0.4) is 0 Å². The van der Waals surface area contributed by atoms with E-state index in [0.717, 1.165) is 51.4 Å². The lowest BCUT2D eigenvalue weighted by Crippen LogP contribution is -2.40. The van der Waals surface area contributed by atoms with Crippen LogP contribution in [0.25, 0.3) is 22.2 Å². The number of rotatable bonds is 4. The van der Waals surface area contributed by atoms with Gasteiger partial charge in [0.1, 0.15) is 5.52 Å². The molecule has 0 aliphatic carbocycles. The van der Waals surface area contributed by atoms with Gasteiger partial charge in [-0.2, -0.15) is 0 Å². The molecule has 1 fully saturated rings. The molecule has 0 atom stereocenters. The first-order valence-electron chi connectivity index (χ1n) is 10.1. The van der Waals surface area contributed by atoms with E-state index in [-0.39, 0.29) is 0 Å². The van der Waals surface area contributed by atoms with Crippen molar-refractivity contribution in [1.82, 2.24) is 9.58 Å². The fraction of sp³-hybridized carbons (Fsp3) is 0.409. The van der Waals surface area contributed by atoms with Crippen molar-refractivity contribution in [3.8, 4) is 11.3 Å². The molecule has 1 saturated heterocycles. The van der Waals surface area contributed by atoms with E-state index in [1.54, 1.807) is 11.8 Å². The van der Waals surface area contributed by atoms with Gasteiger partial charge in [0, 0.05) is 21.4 Å². The molecule has 0 spiro atoms. The molecule has 1 aromatic heterocycles. The second kappa shape index (κ2) is 7.29. The number of fused-ring (bicyclic) bond motifs is 2. The van der Waals surface area contributed by atoms with E-state index in [1.807, 2.05) is 22.9 Å². The van der Waals surface area contributed by atoms with Crippen molar-refractivity contribution in [1.29, 1.82) is 0 Å². The largest absolute Gasteiger partial charge is 0.595 e. The molecule has 0 N–H and O–H groups in total. The Bertz CT molecular complexity index is 1060. The molecule has 0 unspecified atom stereocenters. The van der Waals surface area contributed by atoms with Gasteiger partial charge in [0.25, 0.3) is 5.69 Å². The van der Waals surface area contributed by atoms with Crippen molar-refractivity contribution < 1.29 is 4.85 Å². The molecule has 28 heavy (non-hydrogen) atoms. The first-order valence-corrected chi connectivity index (χ1v) is 11.3. The van der Waals surface area contributed by atoms with Gasteiger partial charge in [0.15, 0.2) is 0 Å². The minimum Gasteiger partial charge on any atom is -0.595 e. The Labute approximate surface area is 174 Å². The lowest BCUT2D eigenvalue weighted by atomic mass is 10.0. The van der Waals surface area contributed by atoms with Gasteiger partial charge in [-0.05, 0) is 69.1 Å². The van der Waals surface area contributed by atoms with E-state index in [2.05, 4.69) is 24.0 Å². The molecule has 0 bridgehead atoms. The molecule has 2 aliphatic rings. The molecule has 2 aromatic carbocycles. The minimum absolute atomic E-state index is 0.706. The van der Waals surface area contributed by atoms with Crippen LogP contribution in [0.1, 0.15) is 31.2 Å². The average Bonchev–Trinajstić information content (AvgIpc) is 2.98. The van der Waals surface area contributed by atoms with Gasteiger partial charge in [0.2, 0.25) is 0 Å². The molecule has 146 valence electrons. The Hall–Kier alpha value is -1.69. The maximum absolute atomic E-state index is 13.4. The van der Waals surface area contributed by atoms with E-state index in [4.69, 9.17) is 11.6 Å². The van der Waals surface area contributed by atoms with E-state index < -0.39 is 0 Å². The third-order valence-electron chi connectivity index (χ3n) is 5.96. The quantitative estimate of drug-likeness (QED) is 0.339. The number of piperidine rings is 1. The summed E-state index contributed by atoms with van der Waals surface area (Å²) in [5.74, 6) is 0. The summed E-state index contributed by atoms with van der Waals surface area (Å²) >= 11 is 7.95. The second-order valence-corrected chi connectivity index (χ2v) is 9.34. The van der Waals surface area contributed by atoms with Gasteiger partial charge in [-0.1, -0.05) is 40.7 Å². The normalized spacial score (nSPS) is 16.5. The summed E-state index contributed by atoms with van der Waals surface area (Å²) in [7, 11) is 0. The highest BCUT2D eigenvalue weighted by Gasteiger charge is 2.32. The number of hydrogen-bond acceptors (Lipinski definition) is 3. The molecular formula is C22H24ClN3OS. The summed E-state index contributed by atoms with van der Waals surface area (Å²) in [6.45, 7) is 6.32. The summed E-state index contributed by atoms with van der Waals surface area (Å²) in [6.07, 6.45) is 4.95. The van der Waals surface area contributed by atoms with E-state index in [0.29, 0.717) is 5.02 Å². The fourth-order valence-corrected chi connectivity index (χ4v) is 5.98. The predicted molar refractivity (Wildman–Crippen MR) is 115 cm³/mol. The van der Waals surface area contributed by atoms with Crippen molar-refractivity contribution in [3.05, 3.63) is 46.1 Å². The van der Waals surface area contributed by atoms with Gasteiger partial charge in [-0.15, -0.1) is 4.68 Å². The van der Waals surface area contributed by atoms with Crippen molar-refractivity contribution in [2.75, 3.05) is 19.6 Å². The topological polar surface area (TPSA) is 35.1 Å². The van der Waals surface area contributed by atoms with Crippen LogP contribution >= 0.6 is 23.4 Å². The van der Waals surface area contributed by atoms with Gasteiger partial charge in [0.05, 0.1) is 17.5 Å². The minimum atomic E-state index is 0.706.